The normalized spacial score (nSPS) is 10.6. The molecule has 0 aliphatic rings. The Morgan fingerprint density at radius 3 is 2.90 bits per heavy atom. The fraction of sp³-hybridized carbons (Fsp3) is 0.417. The van der Waals surface area contributed by atoms with E-state index in [-0.39, 0.29) is 12.5 Å². The summed E-state index contributed by atoms with van der Waals surface area (Å²) in [6.45, 7) is 4.25. The van der Waals surface area contributed by atoms with E-state index in [1.165, 1.54) is 4.88 Å². The standard InChI is InChI=1S/C12H17N5O2S/c1-3-7-5-8-10(14-6-9(18)19-4-2)15-12(17-13)16-11(8)20-7/h5H,3-4,6,13H2,1-2H3,(H2,14,15,16,17). The number of ether oxygens (including phenoxy) is 1. The first kappa shape index (κ1) is 14.5. The summed E-state index contributed by atoms with van der Waals surface area (Å²) < 4.78 is 4.88. The topological polar surface area (TPSA) is 102 Å². The van der Waals surface area contributed by atoms with Crippen molar-refractivity contribution in [1.82, 2.24) is 9.97 Å². The van der Waals surface area contributed by atoms with Gasteiger partial charge in [0.05, 0.1) is 12.0 Å². The highest BCUT2D eigenvalue weighted by molar-refractivity contribution is 7.18. The molecule has 0 aliphatic carbocycles. The number of fused-ring (bicyclic) bond motifs is 1. The number of rotatable bonds is 6. The van der Waals surface area contributed by atoms with Gasteiger partial charge in [0.25, 0.3) is 0 Å². The lowest BCUT2D eigenvalue weighted by Crippen LogP contribution is -2.18. The molecule has 2 heterocycles. The molecular formula is C12H17N5O2S. The Morgan fingerprint density at radius 1 is 1.45 bits per heavy atom. The molecule has 20 heavy (non-hydrogen) atoms. The van der Waals surface area contributed by atoms with E-state index in [1.54, 1.807) is 18.3 Å². The van der Waals surface area contributed by atoms with Gasteiger partial charge in [-0.15, -0.1) is 11.3 Å². The Morgan fingerprint density at radius 2 is 2.25 bits per heavy atom. The van der Waals surface area contributed by atoms with Crippen LogP contribution in [0, 0.1) is 0 Å². The van der Waals surface area contributed by atoms with E-state index in [9.17, 15) is 4.79 Å². The van der Waals surface area contributed by atoms with Crippen molar-refractivity contribution in [3.8, 4) is 0 Å². The summed E-state index contributed by atoms with van der Waals surface area (Å²) >= 11 is 1.58. The van der Waals surface area contributed by atoms with Gasteiger partial charge >= 0.3 is 5.97 Å². The summed E-state index contributed by atoms with van der Waals surface area (Å²) in [7, 11) is 0. The summed E-state index contributed by atoms with van der Waals surface area (Å²) in [6, 6.07) is 2.02. The number of hydrogen-bond acceptors (Lipinski definition) is 8. The molecule has 2 aromatic rings. The second kappa shape index (κ2) is 6.49. The Hall–Kier alpha value is -1.93. The number of hydrazine groups is 1. The van der Waals surface area contributed by atoms with Crippen molar-refractivity contribution >= 4 is 39.3 Å². The largest absolute Gasteiger partial charge is 0.465 e. The lowest BCUT2D eigenvalue weighted by molar-refractivity contribution is -0.140. The van der Waals surface area contributed by atoms with Crippen LogP contribution in [0.2, 0.25) is 0 Å². The third kappa shape index (κ3) is 3.14. The molecule has 0 radical (unpaired) electrons. The van der Waals surface area contributed by atoms with Gasteiger partial charge in [0.2, 0.25) is 5.95 Å². The van der Waals surface area contributed by atoms with Crippen molar-refractivity contribution in [2.24, 2.45) is 5.84 Å². The molecule has 0 atom stereocenters. The molecule has 2 aromatic heterocycles. The number of carbonyl (C=O) groups excluding carboxylic acids is 1. The van der Waals surface area contributed by atoms with Crippen LogP contribution in [0.3, 0.4) is 0 Å². The highest BCUT2D eigenvalue weighted by Gasteiger charge is 2.12. The summed E-state index contributed by atoms with van der Waals surface area (Å²) in [4.78, 5) is 22.0. The lowest BCUT2D eigenvalue weighted by Gasteiger charge is -2.07. The number of nitrogens with one attached hydrogen (secondary N) is 2. The van der Waals surface area contributed by atoms with Crippen molar-refractivity contribution in [3.05, 3.63) is 10.9 Å². The minimum absolute atomic E-state index is 0.0568. The lowest BCUT2D eigenvalue weighted by atomic mass is 10.3. The number of thiophene rings is 1. The maximum Gasteiger partial charge on any atom is 0.325 e. The maximum atomic E-state index is 11.4. The number of nitrogen functional groups attached to an aromatic ring is 1. The minimum Gasteiger partial charge on any atom is -0.465 e. The quantitative estimate of drug-likeness (QED) is 0.422. The van der Waals surface area contributed by atoms with Crippen LogP contribution in [0.25, 0.3) is 10.2 Å². The van der Waals surface area contributed by atoms with Crippen LogP contribution in [0.1, 0.15) is 18.7 Å². The number of aryl methyl sites for hydroxylation is 1. The third-order valence-corrected chi connectivity index (χ3v) is 3.80. The number of hydrogen-bond donors (Lipinski definition) is 3. The van der Waals surface area contributed by atoms with Crippen molar-refractivity contribution < 1.29 is 9.53 Å². The summed E-state index contributed by atoms with van der Waals surface area (Å²) in [5.41, 5.74) is 2.43. The predicted molar refractivity (Wildman–Crippen MR) is 79.7 cm³/mol. The van der Waals surface area contributed by atoms with Gasteiger partial charge in [-0.25, -0.2) is 10.8 Å². The Bertz CT molecular complexity index is 613. The Kier molecular flexibility index (Phi) is 4.70. The van der Waals surface area contributed by atoms with Crippen LogP contribution < -0.4 is 16.6 Å². The van der Waals surface area contributed by atoms with E-state index in [0.29, 0.717) is 18.4 Å². The first-order valence-electron chi connectivity index (χ1n) is 6.34. The van der Waals surface area contributed by atoms with Crippen LogP contribution in [-0.4, -0.2) is 29.1 Å². The molecule has 4 N–H and O–H groups in total. The molecule has 108 valence electrons. The molecule has 0 amide bonds. The van der Waals surface area contributed by atoms with Gasteiger partial charge in [-0.1, -0.05) is 6.92 Å². The van der Waals surface area contributed by atoms with Crippen LogP contribution in [0.4, 0.5) is 11.8 Å². The van der Waals surface area contributed by atoms with E-state index in [0.717, 1.165) is 16.6 Å². The molecule has 0 unspecified atom stereocenters. The fourth-order valence-corrected chi connectivity index (χ4v) is 2.68. The zero-order chi connectivity index (χ0) is 14.5. The van der Waals surface area contributed by atoms with Crippen molar-refractivity contribution in [2.75, 3.05) is 23.9 Å². The van der Waals surface area contributed by atoms with Crippen LogP contribution in [0.5, 0.6) is 0 Å². The second-order valence-electron chi connectivity index (χ2n) is 3.98. The summed E-state index contributed by atoms with van der Waals surface area (Å²) in [6.07, 6.45) is 0.920. The van der Waals surface area contributed by atoms with E-state index in [4.69, 9.17) is 10.6 Å². The van der Waals surface area contributed by atoms with E-state index < -0.39 is 0 Å². The molecule has 2 rings (SSSR count). The molecule has 0 aliphatic heterocycles. The van der Waals surface area contributed by atoms with E-state index >= 15 is 0 Å². The third-order valence-electron chi connectivity index (χ3n) is 2.63. The average molecular weight is 295 g/mol. The smallest absolute Gasteiger partial charge is 0.325 e. The number of nitrogens with zero attached hydrogens (tertiary/aromatic N) is 2. The van der Waals surface area contributed by atoms with Crippen LogP contribution >= 0.6 is 11.3 Å². The molecule has 8 heteroatoms. The minimum atomic E-state index is -0.326. The molecule has 0 saturated heterocycles. The van der Waals surface area contributed by atoms with E-state index in [2.05, 4.69) is 27.6 Å². The molecule has 0 aromatic carbocycles. The number of carbonyl (C=O) groups is 1. The predicted octanol–water partition coefficient (Wildman–Crippen LogP) is 1.51. The van der Waals surface area contributed by atoms with Gasteiger partial charge in [-0.05, 0) is 19.4 Å². The van der Waals surface area contributed by atoms with Crippen LogP contribution in [0.15, 0.2) is 6.07 Å². The SMILES string of the molecule is CCOC(=O)CNc1nc(NN)nc2sc(CC)cc12. The molecule has 0 saturated carbocycles. The van der Waals surface area contributed by atoms with Crippen molar-refractivity contribution in [1.29, 1.82) is 0 Å². The van der Waals surface area contributed by atoms with Gasteiger partial charge in [0.1, 0.15) is 17.2 Å². The second-order valence-corrected chi connectivity index (χ2v) is 5.10. The molecule has 0 spiro atoms. The molecule has 7 nitrogen and oxygen atoms in total. The Labute approximate surface area is 120 Å². The number of nitrogens with two attached hydrogens (primary N) is 1. The maximum absolute atomic E-state index is 11.4. The van der Waals surface area contributed by atoms with Gasteiger partial charge in [0.15, 0.2) is 0 Å². The fourth-order valence-electron chi connectivity index (χ4n) is 1.71. The van der Waals surface area contributed by atoms with Gasteiger partial charge in [0, 0.05) is 4.88 Å². The Balaban J connectivity index is 2.29. The summed E-state index contributed by atoms with van der Waals surface area (Å²) in [5, 5.41) is 3.85. The number of anilines is 2. The van der Waals surface area contributed by atoms with Gasteiger partial charge < -0.3 is 10.1 Å². The zero-order valence-electron chi connectivity index (χ0n) is 11.4. The van der Waals surface area contributed by atoms with E-state index in [1.807, 2.05) is 6.07 Å². The molecule has 0 bridgehead atoms. The zero-order valence-corrected chi connectivity index (χ0v) is 12.2. The first-order chi connectivity index (χ1) is 9.67. The van der Waals surface area contributed by atoms with Crippen molar-refractivity contribution in [2.45, 2.75) is 20.3 Å². The van der Waals surface area contributed by atoms with Crippen molar-refractivity contribution in [3.63, 3.8) is 0 Å². The van der Waals surface area contributed by atoms with Gasteiger partial charge in [-0.3, -0.25) is 10.2 Å². The number of aromatic nitrogens is 2. The first-order valence-corrected chi connectivity index (χ1v) is 7.16. The summed E-state index contributed by atoms with van der Waals surface area (Å²) in [5.74, 6) is 5.93. The highest BCUT2D eigenvalue weighted by Crippen LogP contribution is 2.30. The number of esters is 1. The highest BCUT2D eigenvalue weighted by atomic mass is 32.1. The monoisotopic (exact) mass is 295 g/mol. The molecular weight excluding hydrogens is 278 g/mol. The van der Waals surface area contributed by atoms with Gasteiger partial charge in [-0.2, -0.15) is 4.98 Å². The average Bonchev–Trinajstić information content (AvgIpc) is 2.87. The van der Waals surface area contributed by atoms with Crippen LogP contribution in [-0.2, 0) is 16.0 Å². The molecule has 0 fully saturated rings.